The first kappa shape index (κ1) is 13.2. The van der Waals surface area contributed by atoms with Crippen LogP contribution < -0.4 is 5.32 Å². The molecular formula is C13H18Cl2N2S. The molecule has 18 heavy (non-hydrogen) atoms. The van der Waals surface area contributed by atoms with E-state index >= 15 is 0 Å². The van der Waals surface area contributed by atoms with Crippen molar-refractivity contribution in [3.63, 3.8) is 0 Å². The van der Waals surface area contributed by atoms with Crippen LogP contribution in [0.1, 0.15) is 37.8 Å². The highest BCUT2D eigenvalue weighted by molar-refractivity contribution is 7.20. The van der Waals surface area contributed by atoms with E-state index in [0.717, 1.165) is 20.3 Å². The summed E-state index contributed by atoms with van der Waals surface area (Å²) in [5.41, 5.74) is 1.14. The summed E-state index contributed by atoms with van der Waals surface area (Å²) < 4.78 is 1.60. The van der Waals surface area contributed by atoms with Crippen molar-refractivity contribution < 1.29 is 0 Å². The lowest BCUT2D eigenvalue weighted by Crippen LogP contribution is -2.40. The van der Waals surface area contributed by atoms with Crippen LogP contribution in [0.25, 0.3) is 0 Å². The molecule has 0 aromatic carbocycles. The van der Waals surface area contributed by atoms with Crippen molar-refractivity contribution in [1.29, 1.82) is 0 Å². The molecule has 0 amide bonds. The van der Waals surface area contributed by atoms with Gasteiger partial charge in [-0.1, -0.05) is 23.2 Å². The fourth-order valence-corrected chi connectivity index (χ4v) is 4.98. The van der Waals surface area contributed by atoms with Crippen LogP contribution in [0.3, 0.4) is 0 Å². The summed E-state index contributed by atoms with van der Waals surface area (Å²) in [4.78, 5) is 2.62. The fraction of sp³-hybridized carbons (Fsp3) is 0.692. The molecule has 3 heterocycles. The number of nitrogens with one attached hydrogen (secondary N) is 1. The monoisotopic (exact) mass is 304 g/mol. The molecule has 2 fully saturated rings. The van der Waals surface area contributed by atoms with Gasteiger partial charge in [0.15, 0.2) is 0 Å². The number of thiophene rings is 1. The van der Waals surface area contributed by atoms with Gasteiger partial charge in [0.2, 0.25) is 0 Å². The van der Waals surface area contributed by atoms with Crippen LogP contribution >= 0.6 is 34.5 Å². The Labute approximate surface area is 122 Å². The Morgan fingerprint density at radius 3 is 2.94 bits per heavy atom. The second-order valence-corrected chi connectivity index (χ2v) is 7.59. The Morgan fingerprint density at radius 2 is 2.22 bits per heavy atom. The maximum absolute atomic E-state index is 6.22. The average Bonchev–Trinajstić information content (AvgIpc) is 2.96. The third-order valence-corrected chi connectivity index (χ3v) is 5.74. The molecule has 2 aliphatic rings. The summed E-state index contributed by atoms with van der Waals surface area (Å²) in [5.74, 6) is 0. The van der Waals surface area contributed by atoms with E-state index in [1.54, 1.807) is 0 Å². The van der Waals surface area contributed by atoms with Gasteiger partial charge in [0.1, 0.15) is 0 Å². The maximum Gasteiger partial charge on any atom is 0.0991 e. The summed E-state index contributed by atoms with van der Waals surface area (Å²) in [6.45, 7) is 4.71. The molecule has 0 aliphatic carbocycles. The van der Waals surface area contributed by atoms with E-state index in [9.17, 15) is 0 Å². The highest BCUT2D eigenvalue weighted by Gasteiger charge is 2.37. The van der Waals surface area contributed by atoms with Gasteiger partial charge in [-0.15, -0.1) is 11.3 Å². The lowest BCUT2D eigenvalue weighted by Gasteiger charge is -2.25. The maximum atomic E-state index is 6.22. The molecule has 3 rings (SSSR count). The molecule has 1 aromatic heterocycles. The second kappa shape index (κ2) is 5.29. The molecular weight excluding hydrogens is 287 g/mol. The largest absolute Gasteiger partial charge is 0.306 e. The summed E-state index contributed by atoms with van der Waals surface area (Å²) in [6.07, 6.45) is 3.94. The smallest absolute Gasteiger partial charge is 0.0991 e. The molecule has 5 heteroatoms. The van der Waals surface area contributed by atoms with Crippen LogP contribution in [0.2, 0.25) is 8.67 Å². The molecule has 0 bridgehead atoms. The van der Waals surface area contributed by atoms with Crippen LogP contribution in [0.4, 0.5) is 0 Å². The standard InChI is InChI=1S/C13H18Cl2N2S/c1-8(9-7-12(14)18-13(9)15)16-10-4-6-17-5-2-3-11(10)17/h7-8,10-11,16H,2-6H2,1H3. The lowest BCUT2D eigenvalue weighted by molar-refractivity contribution is 0.291. The second-order valence-electron chi connectivity index (χ2n) is 5.31. The van der Waals surface area contributed by atoms with Gasteiger partial charge in [-0.2, -0.15) is 0 Å². The summed E-state index contributed by atoms with van der Waals surface area (Å²) >= 11 is 13.7. The van der Waals surface area contributed by atoms with Gasteiger partial charge in [-0.3, -0.25) is 4.90 Å². The molecule has 2 aliphatic heterocycles. The Balaban J connectivity index is 1.67. The van der Waals surface area contributed by atoms with Gasteiger partial charge in [0.25, 0.3) is 0 Å². The Kier molecular flexibility index (Phi) is 3.88. The topological polar surface area (TPSA) is 15.3 Å². The molecule has 2 nitrogen and oxygen atoms in total. The molecule has 1 aromatic rings. The van der Waals surface area contributed by atoms with Crippen LogP contribution in [0.5, 0.6) is 0 Å². The van der Waals surface area contributed by atoms with E-state index in [4.69, 9.17) is 23.2 Å². The van der Waals surface area contributed by atoms with Crippen molar-refractivity contribution in [2.75, 3.05) is 13.1 Å². The Bertz CT molecular complexity index is 435. The van der Waals surface area contributed by atoms with Crippen molar-refractivity contribution in [1.82, 2.24) is 10.2 Å². The number of nitrogens with zero attached hydrogens (tertiary/aromatic N) is 1. The summed E-state index contributed by atoms with van der Waals surface area (Å²) in [7, 11) is 0. The summed E-state index contributed by atoms with van der Waals surface area (Å²) in [6, 6.07) is 3.62. The van der Waals surface area contributed by atoms with Crippen molar-refractivity contribution in [3.8, 4) is 0 Å². The molecule has 0 spiro atoms. The van der Waals surface area contributed by atoms with Gasteiger partial charge >= 0.3 is 0 Å². The Morgan fingerprint density at radius 1 is 1.39 bits per heavy atom. The SMILES string of the molecule is CC(NC1CCN2CCCC12)c1cc(Cl)sc1Cl. The first-order valence-corrected chi connectivity index (χ1v) is 8.17. The molecule has 100 valence electrons. The van der Waals surface area contributed by atoms with E-state index in [-0.39, 0.29) is 6.04 Å². The minimum absolute atomic E-state index is 0.284. The van der Waals surface area contributed by atoms with Crippen LogP contribution in [-0.4, -0.2) is 30.1 Å². The van der Waals surface area contributed by atoms with E-state index in [1.807, 2.05) is 6.07 Å². The van der Waals surface area contributed by atoms with E-state index in [1.165, 1.54) is 43.7 Å². The molecule has 2 saturated heterocycles. The zero-order valence-electron chi connectivity index (χ0n) is 10.5. The van der Waals surface area contributed by atoms with Gasteiger partial charge in [-0.05, 0) is 44.4 Å². The third kappa shape index (κ3) is 2.44. The average molecular weight is 305 g/mol. The van der Waals surface area contributed by atoms with Gasteiger partial charge in [0, 0.05) is 24.7 Å². The molecule has 0 radical (unpaired) electrons. The molecule has 3 atom stereocenters. The van der Waals surface area contributed by atoms with E-state index < -0.39 is 0 Å². The van der Waals surface area contributed by atoms with E-state index in [0.29, 0.717) is 6.04 Å². The first-order valence-electron chi connectivity index (χ1n) is 6.60. The first-order chi connectivity index (χ1) is 8.65. The predicted octanol–water partition coefficient (Wildman–Crippen LogP) is 3.94. The van der Waals surface area contributed by atoms with Crippen LogP contribution in [-0.2, 0) is 0 Å². The van der Waals surface area contributed by atoms with Crippen molar-refractivity contribution in [2.45, 2.75) is 44.3 Å². The van der Waals surface area contributed by atoms with Gasteiger partial charge in [-0.25, -0.2) is 0 Å². The lowest BCUT2D eigenvalue weighted by atomic mass is 10.0. The Hall–Kier alpha value is 0.200. The van der Waals surface area contributed by atoms with Crippen molar-refractivity contribution in [3.05, 3.63) is 20.3 Å². The zero-order chi connectivity index (χ0) is 12.7. The quantitative estimate of drug-likeness (QED) is 0.910. The molecule has 0 saturated carbocycles. The third-order valence-electron chi connectivity index (χ3n) is 4.22. The highest BCUT2D eigenvalue weighted by Crippen LogP contribution is 2.36. The summed E-state index contributed by atoms with van der Waals surface area (Å²) in [5, 5.41) is 3.74. The van der Waals surface area contributed by atoms with E-state index in [2.05, 4.69) is 17.1 Å². The molecule has 3 unspecified atom stereocenters. The van der Waals surface area contributed by atoms with Gasteiger partial charge < -0.3 is 5.32 Å². The normalized spacial score (nSPS) is 29.7. The minimum atomic E-state index is 0.284. The number of hydrogen-bond donors (Lipinski definition) is 1. The number of rotatable bonds is 3. The number of fused-ring (bicyclic) bond motifs is 1. The zero-order valence-corrected chi connectivity index (χ0v) is 12.8. The van der Waals surface area contributed by atoms with Crippen LogP contribution in [0, 0.1) is 0 Å². The fourth-order valence-electron chi connectivity index (χ4n) is 3.34. The van der Waals surface area contributed by atoms with Crippen molar-refractivity contribution >= 4 is 34.5 Å². The highest BCUT2D eigenvalue weighted by atomic mass is 35.5. The van der Waals surface area contributed by atoms with Crippen LogP contribution in [0.15, 0.2) is 6.07 Å². The number of hydrogen-bond acceptors (Lipinski definition) is 3. The predicted molar refractivity (Wildman–Crippen MR) is 78.9 cm³/mol. The number of halogens is 2. The van der Waals surface area contributed by atoms with Gasteiger partial charge in [0.05, 0.1) is 8.67 Å². The van der Waals surface area contributed by atoms with Crippen molar-refractivity contribution in [2.24, 2.45) is 0 Å². The minimum Gasteiger partial charge on any atom is -0.306 e. The molecule has 1 N–H and O–H groups in total.